The molecule has 0 fully saturated rings. The van der Waals surface area contributed by atoms with Gasteiger partial charge in [0.15, 0.2) is 5.82 Å². The van der Waals surface area contributed by atoms with E-state index in [2.05, 4.69) is 30.1 Å². The summed E-state index contributed by atoms with van der Waals surface area (Å²) in [5, 5.41) is 7.04. The Morgan fingerprint density at radius 2 is 2.12 bits per heavy atom. The monoisotopic (exact) mass is 332 g/mol. The molecule has 2 aromatic heterocycles. The van der Waals surface area contributed by atoms with E-state index >= 15 is 0 Å². The Labute approximate surface area is 136 Å². The number of benzene rings is 1. The normalized spacial score (nSPS) is 10.8. The van der Waals surface area contributed by atoms with E-state index in [0.29, 0.717) is 24.0 Å². The summed E-state index contributed by atoms with van der Waals surface area (Å²) in [6, 6.07) is 8.17. The van der Waals surface area contributed by atoms with Gasteiger partial charge in [-0.1, -0.05) is 12.1 Å². The van der Waals surface area contributed by atoms with Crippen LogP contribution in [0.15, 0.2) is 42.9 Å². The number of aromatic nitrogens is 5. The first kappa shape index (κ1) is 15.8. The zero-order valence-electron chi connectivity index (χ0n) is 12.7. The fraction of sp³-hybridized carbons (Fsp3) is 0.200. The third kappa shape index (κ3) is 3.80. The van der Waals surface area contributed by atoms with E-state index in [1.165, 1.54) is 18.5 Å². The van der Waals surface area contributed by atoms with Gasteiger partial charge >= 0.3 is 6.61 Å². The van der Waals surface area contributed by atoms with Gasteiger partial charge in [-0.05, 0) is 23.8 Å². The summed E-state index contributed by atoms with van der Waals surface area (Å²) >= 11 is 0. The van der Waals surface area contributed by atoms with Gasteiger partial charge in [0.1, 0.15) is 17.8 Å². The largest absolute Gasteiger partial charge is 0.435 e. The van der Waals surface area contributed by atoms with Gasteiger partial charge < -0.3 is 10.1 Å². The minimum Gasteiger partial charge on any atom is -0.435 e. The molecule has 3 rings (SSSR count). The van der Waals surface area contributed by atoms with Crippen molar-refractivity contribution in [3.63, 3.8) is 0 Å². The van der Waals surface area contributed by atoms with Crippen LogP contribution in [0.4, 0.5) is 14.7 Å². The molecule has 9 heteroatoms. The third-order valence-corrected chi connectivity index (χ3v) is 3.17. The number of anilines is 1. The molecule has 1 aromatic carbocycles. The number of aryl methyl sites for hydroxylation is 1. The van der Waals surface area contributed by atoms with Crippen molar-refractivity contribution in [1.29, 1.82) is 0 Å². The zero-order chi connectivity index (χ0) is 16.9. The standard InChI is InChI=1S/C15H14F2N6O/c1-23-13(20-9-21-23)12-5-6-18-15(22-12)19-8-10-3-2-4-11(7-10)24-14(16)17/h2-7,9,14H,8H2,1H3,(H,18,19,22). The Balaban J connectivity index is 1.70. The van der Waals surface area contributed by atoms with Gasteiger partial charge in [0.25, 0.3) is 0 Å². The lowest BCUT2D eigenvalue weighted by Gasteiger charge is -2.08. The Hall–Kier alpha value is -3.10. The van der Waals surface area contributed by atoms with Gasteiger partial charge in [-0.3, -0.25) is 0 Å². The highest BCUT2D eigenvalue weighted by molar-refractivity contribution is 5.50. The predicted octanol–water partition coefficient (Wildman–Crippen LogP) is 2.49. The first-order chi connectivity index (χ1) is 11.6. The smallest absolute Gasteiger partial charge is 0.387 e. The Morgan fingerprint density at radius 3 is 2.88 bits per heavy atom. The van der Waals surface area contributed by atoms with Gasteiger partial charge in [-0.15, -0.1) is 0 Å². The molecule has 0 spiro atoms. The summed E-state index contributed by atoms with van der Waals surface area (Å²) < 4.78 is 30.5. The van der Waals surface area contributed by atoms with Crippen LogP contribution in [0, 0.1) is 0 Å². The highest BCUT2D eigenvalue weighted by Gasteiger charge is 2.08. The molecule has 0 unspecified atom stereocenters. The predicted molar refractivity (Wildman–Crippen MR) is 82.4 cm³/mol. The van der Waals surface area contributed by atoms with Crippen molar-refractivity contribution < 1.29 is 13.5 Å². The van der Waals surface area contributed by atoms with E-state index in [9.17, 15) is 8.78 Å². The second kappa shape index (κ2) is 6.99. The van der Waals surface area contributed by atoms with Crippen LogP contribution in [0.2, 0.25) is 0 Å². The maximum Gasteiger partial charge on any atom is 0.387 e. The molecule has 0 atom stereocenters. The summed E-state index contributed by atoms with van der Waals surface area (Å²) in [7, 11) is 1.77. The van der Waals surface area contributed by atoms with Crippen LogP contribution in [0.5, 0.6) is 5.75 Å². The number of nitrogens with one attached hydrogen (secondary N) is 1. The molecule has 0 aliphatic heterocycles. The van der Waals surface area contributed by atoms with Gasteiger partial charge in [-0.25, -0.2) is 19.6 Å². The highest BCUT2D eigenvalue weighted by Crippen LogP contribution is 2.17. The van der Waals surface area contributed by atoms with E-state index in [1.807, 2.05) is 0 Å². The van der Waals surface area contributed by atoms with Crippen LogP contribution in [0.1, 0.15) is 5.56 Å². The average Bonchev–Trinajstić information content (AvgIpc) is 2.99. The van der Waals surface area contributed by atoms with E-state index in [1.54, 1.807) is 36.1 Å². The molecule has 3 aromatic rings. The van der Waals surface area contributed by atoms with Crippen molar-refractivity contribution in [2.45, 2.75) is 13.2 Å². The van der Waals surface area contributed by atoms with E-state index < -0.39 is 6.61 Å². The zero-order valence-corrected chi connectivity index (χ0v) is 12.7. The maximum atomic E-state index is 12.2. The molecule has 2 heterocycles. The van der Waals surface area contributed by atoms with Crippen molar-refractivity contribution in [2.75, 3.05) is 5.32 Å². The summed E-state index contributed by atoms with van der Waals surface area (Å²) in [5.41, 5.74) is 1.39. The summed E-state index contributed by atoms with van der Waals surface area (Å²) in [5.74, 6) is 1.13. The number of alkyl halides is 2. The number of hydrogen-bond acceptors (Lipinski definition) is 6. The minimum atomic E-state index is -2.85. The van der Waals surface area contributed by atoms with Crippen molar-refractivity contribution in [3.8, 4) is 17.3 Å². The summed E-state index contributed by atoms with van der Waals surface area (Å²) in [4.78, 5) is 12.6. The van der Waals surface area contributed by atoms with Gasteiger partial charge in [0.05, 0.1) is 0 Å². The van der Waals surface area contributed by atoms with Crippen LogP contribution in [0.3, 0.4) is 0 Å². The van der Waals surface area contributed by atoms with E-state index in [-0.39, 0.29) is 5.75 Å². The molecular formula is C15H14F2N6O. The second-order valence-electron chi connectivity index (χ2n) is 4.85. The van der Waals surface area contributed by atoms with Gasteiger partial charge in [-0.2, -0.15) is 13.9 Å². The molecule has 1 N–H and O–H groups in total. The fourth-order valence-electron chi connectivity index (χ4n) is 2.11. The lowest BCUT2D eigenvalue weighted by Crippen LogP contribution is -2.06. The number of hydrogen-bond donors (Lipinski definition) is 1. The second-order valence-corrected chi connectivity index (χ2v) is 4.85. The lowest BCUT2D eigenvalue weighted by atomic mass is 10.2. The molecular weight excluding hydrogens is 318 g/mol. The fourth-order valence-corrected chi connectivity index (χ4v) is 2.11. The molecule has 0 bridgehead atoms. The van der Waals surface area contributed by atoms with Crippen LogP contribution < -0.4 is 10.1 Å². The molecule has 124 valence electrons. The molecule has 24 heavy (non-hydrogen) atoms. The first-order valence-electron chi connectivity index (χ1n) is 7.07. The molecule has 0 saturated carbocycles. The summed E-state index contributed by atoms with van der Waals surface area (Å²) in [6.45, 7) is -2.48. The molecule has 7 nitrogen and oxygen atoms in total. The molecule has 0 aliphatic rings. The third-order valence-electron chi connectivity index (χ3n) is 3.17. The molecule has 0 aliphatic carbocycles. The number of ether oxygens (including phenoxy) is 1. The maximum absolute atomic E-state index is 12.2. The van der Waals surface area contributed by atoms with E-state index in [4.69, 9.17) is 0 Å². The van der Waals surface area contributed by atoms with Crippen molar-refractivity contribution in [3.05, 3.63) is 48.4 Å². The minimum absolute atomic E-state index is 0.109. The average molecular weight is 332 g/mol. The Bertz CT molecular complexity index is 823. The molecule has 0 saturated heterocycles. The number of halogens is 2. The SMILES string of the molecule is Cn1ncnc1-c1ccnc(NCc2cccc(OC(F)F)c2)n1. The van der Waals surface area contributed by atoms with Crippen molar-refractivity contribution in [2.24, 2.45) is 7.05 Å². The first-order valence-corrected chi connectivity index (χ1v) is 7.07. The lowest BCUT2D eigenvalue weighted by molar-refractivity contribution is -0.0498. The highest BCUT2D eigenvalue weighted by atomic mass is 19.3. The Morgan fingerprint density at radius 1 is 1.25 bits per heavy atom. The van der Waals surface area contributed by atoms with Gasteiger partial charge in [0.2, 0.25) is 5.95 Å². The van der Waals surface area contributed by atoms with Crippen molar-refractivity contribution >= 4 is 5.95 Å². The molecule has 0 amide bonds. The summed E-state index contributed by atoms with van der Waals surface area (Å²) in [6.07, 6.45) is 3.05. The van der Waals surface area contributed by atoms with Crippen LogP contribution >= 0.6 is 0 Å². The molecule has 0 radical (unpaired) electrons. The van der Waals surface area contributed by atoms with E-state index in [0.717, 1.165) is 5.56 Å². The van der Waals surface area contributed by atoms with Crippen LogP contribution in [-0.4, -0.2) is 31.3 Å². The number of nitrogens with zero attached hydrogens (tertiary/aromatic N) is 5. The van der Waals surface area contributed by atoms with Crippen LogP contribution in [0.25, 0.3) is 11.5 Å². The topological polar surface area (TPSA) is 77.8 Å². The Kier molecular flexibility index (Phi) is 4.59. The quantitative estimate of drug-likeness (QED) is 0.747. The van der Waals surface area contributed by atoms with Crippen molar-refractivity contribution in [1.82, 2.24) is 24.7 Å². The van der Waals surface area contributed by atoms with Crippen LogP contribution in [-0.2, 0) is 13.6 Å². The number of rotatable bonds is 6. The van der Waals surface area contributed by atoms with Gasteiger partial charge in [0, 0.05) is 19.8 Å².